The van der Waals surface area contributed by atoms with E-state index < -0.39 is 0 Å². The highest BCUT2D eigenvalue weighted by Gasteiger charge is 2.26. The summed E-state index contributed by atoms with van der Waals surface area (Å²) in [7, 11) is 0. The first-order chi connectivity index (χ1) is 10.8. The number of fused-ring (bicyclic) bond motifs is 1. The second-order valence-corrected chi connectivity index (χ2v) is 6.20. The number of aryl methyl sites for hydroxylation is 1. The zero-order chi connectivity index (χ0) is 15.2. The second-order valence-electron chi connectivity index (χ2n) is 4.99. The van der Waals surface area contributed by atoms with Crippen molar-refractivity contribution in [1.82, 2.24) is 15.3 Å². The van der Waals surface area contributed by atoms with Crippen molar-refractivity contribution < 1.29 is 4.79 Å². The van der Waals surface area contributed by atoms with Crippen molar-refractivity contribution in [3.63, 3.8) is 0 Å². The number of anilines is 1. The predicted molar refractivity (Wildman–Crippen MR) is 88.9 cm³/mol. The number of rotatable bonds is 5. The Morgan fingerprint density at radius 2 is 2.00 bits per heavy atom. The van der Waals surface area contributed by atoms with E-state index in [-0.39, 0.29) is 11.2 Å². The smallest absolute Gasteiger partial charge is 0.237 e. The molecule has 3 rings (SSSR count). The lowest BCUT2D eigenvalue weighted by atomic mass is 10.0. The number of carbonyl (C=O) groups excluding carboxylic acids is 1. The monoisotopic (exact) mass is 314 g/mol. The molecule has 0 bridgehead atoms. The van der Waals surface area contributed by atoms with Gasteiger partial charge in [-0.3, -0.25) is 4.79 Å². The number of thioether (sulfide) groups is 1. The highest BCUT2D eigenvalue weighted by molar-refractivity contribution is 8.00. The Balaban J connectivity index is 1.51. The lowest BCUT2D eigenvalue weighted by Crippen LogP contribution is -2.33. The number of nitrogens with zero attached hydrogens (tertiary/aromatic N) is 2. The van der Waals surface area contributed by atoms with E-state index in [0.717, 1.165) is 17.7 Å². The van der Waals surface area contributed by atoms with E-state index in [1.807, 2.05) is 12.1 Å². The minimum atomic E-state index is -0.0991. The Bertz CT molecular complexity index is 635. The third-order valence-electron chi connectivity index (χ3n) is 3.50. The van der Waals surface area contributed by atoms with Crippen molar-refractivity contribution in [2.24, 2.45) is 0 Å². The number of nitrogens with one attached hydrogen (secondary N) is 2. The molecule has 0 radical (unpaired) electrons. The van der Waals surface area contributed by atoms with Crippen LogP contribution >= 0.6 is 11.8 Å². The number of amides is 1. The maximum atomic E-state index is 12.4. The molecular weight excluding hydrogens is 296 g/mol. The maximum absolute atomic E-state index is 12.4. The third-order valence-corrected chi connectivity index (χ3v) is 4.75. The maximum Gasteiger partial charge on any atom is 0.237 e. The quantitative estimate of drug-likeness (QED) is 0.827. The second kappa shape index (κ2) is 7.26. The Labute approximate surface area is 133 Å². The molecule has 0 saturated carbocycles. The SMILES string of the molecule is O=C(NCCNc1ncccn1)C1SCCc2ccccc21. The van der Waals surface area contributed by atoms with Gasteiger partial charge in [-0.1, -0.05) is 24.3 Å². The van der Waals surface area contributed by atoms with Crippen LogP contribution in [0.1, 0.15) is 16.4 Å². The summed E-state index contributed by atoms with van der Waals surface area (Å²) in [5.74, 6) is 1.65. The zero-order valence-corrected chi connectivity index (χ0v) is 13.0. The van der Waals surface area contributed by atoms with Crippen LogP contribution in [0, 0.1) is 0 Å². The predicted octanol–water partition coefficient (Wildman–Crippen LogP) is 2.04. The van der Waals surface area contributed by atoms with Crippen LogP contribution in [0.2, 0.25) is 0 Å². The van der Waals surface area contributed by atoms with Gasteiger partial charge in [-0.15, -0.1) is 11.8 Å². The number of aromatic nitrogens is 2. The van der Waals surface area contributed by atoms with Crippen LogP contribution in [0.15, 0.2) is 42.7 Å². The molecule has 0 fully saturated rings. The zero-order valence-electron chi connectivity index (χ0n) is 12.2. The fourth-order valence-electron chi connectivity index (χ4n) is 2.45. The Morgan fingerprint density at radius 1 is 1.18 bits per heavy atom. The molecule has 1 aromatic heterocycles. The molecule has 1 aliphatic heterocycles. The first kappa shape index (κ1) is 14.8. The van der Waals surface area contributed by atoms with Crippen molar-refractivity contribution in [2.45, 2.75) is 11.7 Å². The topological polar surface area (TPSA) is 66.9 Å². The summed E-state index contributed by atoms with van der Waals surface area (Å²) >= 11 is 1.71. The summed E-state index contributed by atoms with van der Waals surface area (Å²) in [6.45, 7) is 1.16. The standard InChI is InChI=1S/C16H18N4OS/c21-15(17-9-10-20-16-18-7-3-8-19-16)14-13-5-2-1-4-12(13)6-11-22-14/h1-5,7-8,14H,6,9-11H2,(H,17,21)(H,18,19,20). The molecule has 2 N–H and O–H groups in total. The molecule has 1 atom stereocenters. The van der Waals surface area contributed by atoms with Gasteiger partial charge in [0.05, 0.1) is 0 Å². The van der Waals surface area contributed by atoms with Gasteiger partial charge in [-0.2, -0.15) is 0 Å². The largest absolute Gasteiger partial charge is 0.353 e. The average molecular weight is 314 g/mol. The van der Waals surface area contributed by atoms with Crippen LogP contribution in [0.3, 0.4) is 0 Å². The highest BCUT2D eigenvalue weighted by atomic mass is 32.2. The van der Waals surface area contributed by atoms with E-state index in [1.165, 1.54) is 5.56 Å². The van der Waals surface area contributed by atoms with Gasteiger partial charge in [-0.05, 0) is 29.4 Å². The van der Waals surface area contributed by atoms with Crippen LogP contribution in [-0.2, 0) is 11.2 Å². The van der Waals surface area contributed by atoms with Gasteiger partial charge in [0, 0.05) is 25.5 Å². The molecule has 1 amide bonds. The summed E-state index contributed by atoms with van der Waals surface area (Å²) in [5.41, 5.74) is 2.44. The van der Waals surface area contributed by atoms with Crippen molar-refractivity contribution in [3.05, 3.63) is 53.9 Å². The number of hydrogen-bond donors (Lipinski definition) is 2. The summed E-state index contributed by atoms with van der Waals surface area (Å²) in [6, 6.07) is 9.98. The Hall–Kier alpha value is -2.08. The van der Waals surface area contributed by atoms with E-state index in [9.17, 15) is 4.79 Å². The molecule has 0 aliphatic carbocycles. The molecule has 6 heteroatoms. The van der Waals surface area contributed by atoms with Gasteiger partial charge in [0.25, 0.3) is 0 Å². The van der Waals surface area contributed by atoms with Crippen molar-refractivity contribution in [3.8, 4) is 0 Å². The van der Waals surface area contributed by atoms with Gasteiger partial charge < -0.3 is 10.6 Å². The highest BCUT2D eigenvalue weighted by Crippen LogP contribution is 2.36. The summed E-state index contributed by atoms with van der Waals surface area (Å²) in [6.07, 6.45) is 4.41. The van der Waals surface area contributed by atoms with Gasteiger partial charge in [0.2, 0.25) is 11.9 Å². The fraction of sp³-hybridized carbons (Fsp3) is 0.312. The molecule has 0 spiro atoms. The molecule has 2 aromatic rings. The first-order valence-electron chi connectivity index (χ1n) is 7.32. The molecule has 1 unspecified atom stereocenters. The molecule has 22 heavy (non-hydrogen) atoms. The van der Waals surface area contributed by atoms with Gasteiger partial charge in [0.15, 0.2) is 0 Å². The first-order valence-corrected chi connectivity index (χ1v) is 8.37. The number of carbonyl (C=O) groups is 1. The van der Waals surface area contributed by atoms with E-state index in [2.05, 4.69) is 32.7 Å². The minimum absolute atomic E-state index is 0.0768. The lowest BCUT2D eigenvalue weighted by Gasteiger charge is -2.24. The number of benzene rings is 1. The molecule has 0 saturated heterocycles. The molecule has 114 valence electrons. The van der Waals surface area contributed by atoms with Crippen LogP contribution in [0.4, 0.5) is 5.95 Å². The van der Waals surface area contributed by atoms with Gasteiger partial charge in [0.1, 0.15) is 5.25 Å². The van der Waals surface area contributed by atoms with E-state index in [4.69, 9.17) is 0 Å². The lowest BCUT2D eigenvalue weighted by molar-refractivity contribution is -0.120. The molecule has 2 heterocycles. The number of hydrogen-bond acceptors (Lipinski definition) is 5. The van der Waals surface area contributed by atoms with Crippen molar-refractivity contribution in [1.29, 1.82) is 0 Å². The molecular formula is C16H18N4OS. The Morgan fingerprint density at radius 3 is 2.86 bits per heavy atom. The minimum Gasteiger partial charge on any atom is -0.353 e. The molecule has 5 nitrogen and oxygen atoms in total. The summed E-state index contributed by atoms with van der Waals surface area (Å²) in [4.78, 5) is 20.5. The van der Waals surface area contributed by atoms with E-state index in [0.29, 0.717) is 19.0 Å². The Kier molecular flexibility index (Phi) is 4.90. The van der Waals surface area contributed by atoms with E-state index in [1.54, 1.807) is 30.2 Å². The third kappa shape index (κ3) is 3.57. The van der Waals surface area contributed by atoms with Crippen molar-refractivity contribution >= 4 is 23.6 Å². The van der Waals surface area contributed by atoms with Crippen LogP contribution in [-0.4, -0.2) is 34.7 Å². The van der Waals surface area contributed by atoms with Crippen molar-refractivity contribution in [2.75, 3.05) is 24.2 Å². The fourth-order valence-corrected chi connectivity index (χ4v) is 3.67. The van der Waals surface area contributed by atoms with E-state index >= 15 is 0 Å². The van der Waals surface area contributed by atoms with Crippen LogP contribution < -0.4 is 10.6 Å². The van der Waals surface area contributed by atoms with Crippen LogP contribution in [0.5, 0.6) is 0 Å². The summed E-state index contributed by atoms with van der Waals surface area (Å²) < 4.78 is 0. The van der Waals surface area contributed by atoms with Gasteiger partial charge in [-0.25, -0.2) is 9.97 Å². The average Bonchev–Trinajstić information content (AvgIpc) is 2.59. The van der Waals surface area contributed by atoms with Gasteiger partial charge >= 0.3 is 0 Å². The summed E-state index contributed by atoms with van der Waals surface area (Å²) in [5, 5.41) is 5.96. The normalized spacial score (nSPS) is 16.6. The van der Waals surface area contributed by atoms with Crippen LogP contribution in [0.25, 0.3) is 0 Å². The molecule has 1 aromatic carbocycles. The molecule has 1 aliphatic rings.